The smallest absolute Gasteiger partial charge is 0.416 e. The molecule has 0 amide bonds. The van der Waals surface area contributed by atoms with Crippen molar-refractivity contribution < 1.29 is 31.1 Å². The number of allylic oxidation sites excluding steroid dienone is 2. The molecule has 5 nitrogen and oxygen atoms in total. The van der Waals surface area contributed by atoms with Crippen LogP contribution in [0.4, 0.5) is 32.0 Å². The summed E-state index contributed by atoms with van der Waals surface area (Å²) in [4.78, 5) is 0. The van der Waals surface area contributed by atoms with Crippen LogP contribution in [0.3, 0.4) is 0 Å². The predicted molar refractivity (Wildman–Crippen MR) is 90.1 cm³/mol. The Labute approximate surface area is 165 Å². The second-order valence-electron chi connectivity index (χ2n) is 5.68. The van der Waals surface area contributed by atoms with E-state index < -0.39 is 51.9 Å². The van der Waals surface area contributed by atoms with Crippen molar-refractivity contribution in [3.05, 3.63) is 64.1 Å². The summed E-state index contributed by atoms with van der Waals surface area (Å²) in [6, 6.07) is 6.15. The third kappa shape index (κ3) is 4.62. The van der Waals surface area contributed by atoms with Crippen molar-refractivity contribution in [2.75, 3.05) is 5.32 Å². The third-order valence-corrected chi connectivity index (χ3v) is 3.65. The van der Waals surface area contributed by atoms with Gasteiger partial charge in [0, 0.05) is 6.07 Å². The normalized spacial score (nSPS) is 10.4. The van der Waals surface area contributed by atoms with Crippen LogP contribution in [0.15, 0.2) is 35.5 Å². The topological polar surface area (TPSA) is 92.6 Å². The highest BCUT2D eigenvalue weighted by molar-refractivity contribution is 5.62. The zero-order valence-corrected chi connectivity index (χ0v) is 14.8. The molecule has 0 unspecified atom stereocenters. The second-order valence-corrected chi connectivity index (χ2v) is 5.68. The molecule has 2 aromatic carbocycles. The van der Waals surface area contributed by atoms with Gasteiger partial charge in [0.15, 0.2) is 23.0 Å². The number of aryl methyl sites for hydroxylation is 1. The lowest BCUT2D eigenvalue weighted by molar-refractivity contribution is -0.138. The van der Waals surface area contributed by atoms with Crippen molar-refractivity contribution in [3.8, 4) is 29.7 Å². The van der Waals surface area contributed by atoms with Gasteiger partial charge in [-0.15, -0.1) is 0 Å². The van der Waals surface area contributed by atoms with Crippen molar-refractivity contribution in [1.29, 1.82) is 15.8 Å². The Bertz CT molecular complexity index is 1130. The first-order chi connectivity index (χ1) is 14.0. The number of hydrogen-bond acceptors (Lipinski definition) is 5. The molecule has 0 bridgehead atoms. The van der Waals surface area contributed by atoms with Gasteiger partial charge < -0.3 is 10.1 Å². The van der Waals surface area contributed by atoms with Gasteiger partial charge in [0.1, 0.15) is 35.5 Å². The van der Waals surface area contributed by atoms with E-state index >= 15 is 0 Å². The lowest BCUT2D eigenvalue weighted by Crippen LogP contribution is -2.07. The first kappa shape index (κ1) is 22.1. The SMILES string of the molecule is Cc1cc(F)c(NC(C#N)=C(C#N)C#N)cc1Oc1c(F)cc(C(F)(F)F)cc1F. The van der Waals surface area contributed by atoms with E-state index in [0.717, 1.165) is 12.1 Å². The number of alkyl halides is 3. The third-order valence-electron chi connectivity index (χ3n) is 3.65. The zero-order chi connectivity index (χ0) is 22.6. The minimum absolute atomic E-state index is 0.0139. The summed E-state index contributed by atoms with van der Waals surface area (Å²) >= 11 is 0. The minimum atomic E-state index is -4.98. The zero-order valence-electron chi connectivity index (χ0n) is 14.8. The Hall–Kier alpha value is -4.17. The molecule has 0 atom stereocenters. The molecule has 0 aliphatic heterocycles. The maximum absolute atomic E-state index is 14.2. The molecule has 0 radical (unpaired) electrons. The molecule has 2 aromatic rings. The molecule has 0 heterocycles. The fourth-order valence-electron chi connectivity index (χ4n) is 2.21. The number of rotatable bonds is 4. The van der Waals surface area contributed by atoms with Crippen LogP contribution in [0.2, 0.25) is 0 Å². The van der Waals surface area contributed by atoms with E-state index in [9.17, 15) is 26.3 Å². The average molecular weight is 422 g/mol. The number of halogens is 6. The summed E-state index contributed by atoms with van der Waals surface area (Å²) in [6.07, 6.45) is -4.98. The Morgan fingerprint density at radius 2 is 1.47 bits per heavy atom. The van der Waals surface area contributed by atoms with Crippen LogP contribution in [0.25, 0.3) is 0 Å². The minimum Gasteiger partial charge on any atom is -0.451 e. The lowest BCUT2D eigenvalue weighted by atomic mass is 10.1. The van der Waals surface area contributed by atoms with Crippen molar-refractivity contribution in [2.45, 2.75) is 13.1 Å². The van der Waals surface area contributed by atoms with Gasteiger partial charge in [-0.2, -0.15) is 29.0 Å². The Morgan fingerprint density at radius 1 is 0.900 bits per heavy atom. The fraction of sp³-hybridized carbons (Fsp3) is 0.105. The molecule has 0 saturated heterocycles. The summed E-state index contributed by atoms with van der Waals surface area (Å²) in [7, 11) is 0. The summed E-state index contributed by atoms with van der Waals surface area (Å²) in [5.74, 6) is -5.77. The monoisotopic (exact) mass is 422 g/mol. The van der Waals surface area contributed by atoms with Gasteiger partial charge >= 0.3 is 6.18 Å². The maximum Gasteiger partial charge on any atom is 0.416 e. The van der Waals surface area contributed by atoms with E-state index in [1.165, 1.54) is 25.1 Å². The highest BCUT2D eigenvalue weighted by Crippen LogP contribution is 2.37. The number of nitriles is 3. The molecule has 0 aliphatic rings. The number of benzene rings is 2. The Balaban J connectivity index is 2.50. The van der Waals surface area contributed by atoms with Gasteiger partial charge in [-0.3, -0.25) is 0 Å². The molecule has 0 aliphatic carbocycles. The van der Waals surface area contributed by atoms with E-state index in [0.29, 0.717) is 0 Å². The van der Waals surface area contributed by atoms with E-state index in [1.807, 2.05) is 0 Å². The molecule has 152 valence electrons. The molecule has 0 fully saturated rings. The van der Waals surface area contributed by atoms with Crippen LogP contribution in [-0.2, 0) is 6.18 Å². The van der Waals surface area contributed by atoms with Crippen molar-refractivity contribution in [1.82, 2.24) is 0 Å². The molecule has 0 saturated carbocycles. The van der Waals surface area contributed by atoms with E-state index in [1.54, 1.807) is 0 Å². The van der Waals surface area contributed by atoms with Gasteiger partial charge in [-0.25, -0.2) is 13.2 Å². The highest BCUT2D eigenvalue weighted by Gasteiger charge is 2.33. The Kier molecular flexibility index (Phi) is 6.24. The van der Waals surface area contributed by atoms with Crippen molar-refractivity contribution in [3.63, 3.8) is 0 Å². The average Bonchev–Trinajstić information content (AvgIpc) is 2.66. The molecular weight excluding hydrogens is 414 g/mol. The Morgan fingerprint density at radius 3 is 1.93 bits per heavy atom. The van der Waals surface area contributed by atoms with Crippen LogP contribution in [0, 0.1) is 58.4 Å². The molecule has 0 spiro atoms. The second kappa shape index (κ2) is 8.46. The van der Waals surface area contributed by atoms with Crippen molar-refractivity contribution >= 4 is 5.69 Å². The molecule has 1 N–H and O–H groups in total. The van der Waals surface area contributed by atoms with Gasteiger partial charge in [0.05, 0.1) is 11.3 Å². The van der Waals surface area contributed by atoms with Gasteiger partial charge in [-0.1, -0.05) is 0 Å². The molecule has 0 aromatic heterocycles. The lowest BCUT2D eigenvalue weighted by Gasteiger charge is -2.15. The van der Waals surface area contributed by atoms with Crippen LogP contribution >= 0.6 is 0 Å². The van der Waals surface area contributed by atoms with Crippen LogP contribution in [-0.4, -0.2) is 0 Å². The summed E-state index contributed by atoms with van der Waals surface area (Å²) < 4.78 is 85.2. The maximum atomic E-state index is 14.2. The van der Waals surface area contributed by atoms with E-state index in [2.05, 4.69) is 5.32 Å². The molecular formula is C19H8F6N4O. The summed E-state index contributed by atoms with van der Waals surface area (Å²) in [6.45, 7) is 1.29. The van der Waals surface area contributed by atoms with Crippen molar-refractivity contribution in [2.24, 2.45) is 0 Å². The quantitative estimate of drug-likeness (QED) is 0.522. The first-order valence-corrected chi connectivity index (χ1v) is 7.77. The number of anilines is 1. The summed E-state index contributed by atoms with van der Waals surface area (Å²) in [5, 5.41) is 28.8. The van der Waals surface area contributed by atoms with Crippen LogP contribution in [0.1, 0.15) is 11.1 Å². The van der Waals surface area contributed by atoms with E-state index in [4.69, 9.17) is 20.5 Å². The van der Waals surface area contributed by atoms with E-state index in [-0.39, 0.29) is 23.4 Å². The highest BCUT2D eigenvalue weighted by atomic mass is 19.4. The predicted octanol–water partition coefficient (Wildman–Crippen LogP) is 5.46. The first-order valence-electron chi connectivity index (χ1n) is 7.77. The molecule has 11 heteroatoms. The molecule has 2 rings (SSSR count). The largest absolute Gasteiger partial charge is 0.451 e. The van der Waals surface area contributed by atoms with Crippen LogP contribution < -0.4 is 10.1 Å². The summed E-state index contributed by atoms with van der Waals surface area (Å²) in [5.41, 5.74) is -3.28. The number of nitrogens with one attached hydrogen (secondary N) is 1. The van der Waals surface area contributed by atoms with Crippen LogP contribution in [0.5, 0.6) is 11.5 Å². The molecule has 30 heavy (non-hydrogen) atoms. The number of ether oxygens (including phenoxy) is 1. The number of hydrogen-bond donors (Lipinski definition) is 1. The fourth-order valence-corrected chi connectivity index (χ4v) is 2.21. The number of nitrogens with zero attached hydrogens (tertiary/aromatic N) is 3. The standard InChI is InChI=1S/C19H8F6N4O/c1-9-2-12(20)15(29-16(8-28)10(6-26)7-27)5-17(9)30-18-13(21)3-11(4-14(18)22)19(23,24)25/h2-5,29H,1H3. The van der Waals surface area contributed by atoms with Gasteiger partial charge in [-0.05, 0) is 30.7 Å². The van der Waals surface area contributed by atoms with Gasteiger partial charge in [0.2, 0.25) is 0 Å². The van der Waals surface area contributed by atoms with Gasteiger partial charge in [0.25, 0.3) is 0 Å².